The molecule has 2 heteroatoms. The van der Waals surface area contributed by atoms with Crippen LogP contribution in [0, 0.1) is 0 Å². The van der Waals surface area contributed by atoms with Crippen LogP contribution in [0.15, 0.2) is 0 Å². The van der Waals surface area contributed by atoms with E-state index in [0.717, 1.165) is 25.9 Å². The molecule has 1 aliphatic rings. The van der Waals surface area contributed by atoms with Gasteiger partial charge in [0, 0.05) is 6.42 Å². The molecular formula is C8H16O2. The number of ether oxygens (including phenoxy) is 2. The van der Waals surface area contributed by atoms with Gasteiger partial charge in [0.1, 0.15) is 0 Å². The first kappa shape index (κ1) is 8.02. The van der Waals surface area contributed by atoms with Crippen LogP contribution in [0.4, 0.5) is 0 Å². The summed E-state index contributed by atoms with van der Waals surface area (Å²) in [7, 11) is 0. The third-order valence-electron chi connectivity index (χ3n) is 1.91. The van der Waals surface area contributed by atoms with E-state index in [-0.39, 0.29) is 6.29 Å². The summed E-state index contributed by atoms with van der Waals surface area (Å²) in [6, 6.07) is 0. The Morgan fingerprint density at radius 3 is 2.40 bits per heavy atom. The molecule has 0 bridgehead atoms. The monoisotopic (exact) mass is 144 g/mol. The molecule has 1 rings (SSSR count). The van der Waals surface area contributed by atoms with E-state index in [4.69, 9.17) is 9.47 Å². The molecule has 1 fully saturated rings. The van der Waals surface area contributed by atoms with Crippen LogP contribution >= 0.6 is 0 Å². The fraction of sp³-hybridized carbons (Fsp3) is 1.00. The summed E-state index contributed by atoms with van der Waals surface area (Å²) in [5.41, 5.74) is 0. The van der Waals surface area contributed by atoms with Gasteiger partial charge in [-0.3, -0.25) is 0 Å². The van der Waals surface area contributed by atoms with Crippen LogP contribution in [0.3, 0.4) is 0 Å². The van der Waals surface area contributed by atoms with Gasteiger partial charge in [-0.05, 0) is 12.8 Å². The van der Waals surface area contributed by atoms with Crippen molar-refractivity contribution in [2.75, 3.05) is 6.61 Å². The molecule has 0 aromatic carbocycles. The second kappa shape index (κ2) is 3.94. The molecule has 1 aliphatic heterocycles. The molecular weight excluding hydrogens is 128 g/mol. The van der Waals surface area contributed by atoms with Crippen molar-refractivity contribution >= 4 is 0 Å². The van der Waals surface area contributed by atoms with Crippen LogP contribution in [0.2, 0.25) is 0 Å². The van der Waals surface area contributed by atoms with Crippen molar-refractivity contribution in [2.45, 2.75) is 45.5 Å². The Morgan fingerprint density at radius 1 is 1.50 bits per heavy atom. The minimum absolute atomic E-state index is 0.116. The van der Waals surface area contributed by atoms with E-state index in [1.807, 2.05) is 0 Å². The van der Waals surface area contributed by atoms with Gasteiger partial charge in [-0.25, -0.2) is 0 Å². The normalized spacial score (nSPS) is 24.9. The smallest absolute Gasteiger partial charge is 0.160 e. The van der Waals surface area contributed by atoms with Gasteiger partial charge in [0.25, 0.3) is 0 Å². The summed E-state index contributed by atoms with van der Waals surface area (Å²) < 4.78 is 10.7. The Morgan fingerprint density at radius 2 is 2.10 bits per heavy atom. The van der Waals surface area contributed by atoms with Crippen molar-refractivity contribution in [1.82, 2.24) is 0 Å². The van der Waals surface area contributed by atoms with Crippen LogP contribution < -0.4 is 0 Å². The quantitative estimate of drug-likeness (QED) is 0.600. The van der Waals surface area contributed by atoms with E-state index in [9.17, 15) is 0 Å². The standard InChI is InChI=1S/C8H16O2/c1-3-7(4-2)10-8-5-6-9-8/h7-8H,3-6H2,1-2H3. The fourth-order valence-corrected chi connectivity index (χ4v) is 1.02. The minimum Gasteiger partial charge on any atom is -0.352 e. The molecule has 0 aromatic rings. The average Bonchev–Trinajstić information content (AvgIpc) is 1.87. The third-order valence-corrected chi connectivity index (χ3v) is 1.91. The Labute approximate surface area is 62.5 Å². The molecule has 0 aromatic heterocycles. The van der Waals surface area contributed by atoms with E-state index in [1.54, 1.807) is 0 Å². The van der Waals surface area contributed by atoms with Gasteiger partial charge >= 0.3 is 0 Å². The maximum atomic E-state index is 5.56. The van der Waals surface area contributed by atoms with Gasteiger partial charge < -0.3 is 9.47 Å². The summed E-state index contributed by atoms with van der Waals surface area (Å²) in [5.74, 6) is 0. The van der Waals surface area contributed by atoms with Gasteiger partial charge in [0.2, 0.25) is 0 Å². The van der Waals surface area contributed by atoms with Crippen LogP contribution in [0.5, 0.6) is 0 Å². The largest absolute Gasteiger partial charge is 0.352 e. The molecule has 1 saturated heterocycles. The van der Waals surface area contributed by atoms with Crippen molar-refractivity contribution < 1.29 is 9.47 Å². The number of rotatable bonds is 4. The van der Waals surface area contributed by atoms with Crippen LogP contribution in [-0.4, -0.2) is 19.0 Å². The molecule has 60 valence electrons. The van der Waals surface area contributed by atoms with Gasteiger partial charge in [-0.15, -0.1) is 0 Å². The van der Waals surface area contributed by atoms with Gasteiger partial charge in [0.15, 0.2) is 6.29 Å². The topological polar surface area (TPSA) is 18.5 Å². The van der Waals surface area contributed by atoms with E-state index in [2.05, 4.69) is 13.8 Å². The molecule has 1 heterocycles. The summed E-state index contributed by atoms with van der Waals surface area (Å²) in [6.07, 6.45) is 3.79. The lowest BCUT2D eigenvalue weighted by molar-refractivity contribution is -0.236. The maximum absolute atomic E-state index is 5.56. The molecule has 0 aliphatic carbocycles. The zero-order valence-corrected chi connectivity index (χ0v) is 6.80. The van der Waals surface area contributed by atoms with E-state index in [1.165, 1.54) is 0 Å². The molecule has 1 unspecified atom stereocenters. The van der Waals surface area contributed by atoms with Crippen molar-refractivity contribution in [1.29, 1.82) is 0 Å². The highest BCUT2D eigenvalue weighted by Crippen LogP contribution is 2.16. The first-order valence-corrected chi connectivity index (χ1v) is 4.13. The van der Waals surface area contributed by atoms with Gasteiger partial charge in [-0.1, -0.05) is 13.8 Å². The lowest BCUT2D eigenvalue weighted by atomic mass is 10.2. The first-order chi connectivity index (χ1) is 4.86. The Hall–Kier alpha value is -0.0800. The molecule has 0 radical (unpaired) electrons. The van der Waals surface area contributed by atoms with E-state index in [0.29, 0.717) is 6.10 Å². The highest BCUT2D eigenvalue weighted by atomic mass is 16.7. The molecule has 0 N–H and O–H groups in total. The molecule has 0 saturated carbocycles. The minimum atomic E-state index is 0.116. The predicted octanol–water partition coefficient (Wildman–Crippen LogP) is 1.94. The zero-order chi connectivity index (χ0) is 7.40. The highest BCUT2D eigenvalue weighted by Gasteiger charge is 2.21. The van der Waals surface area contributed by atoms with Crippen molar-refractivity contribution in [3.8, 4) is 0 Å². The lowest BCUT2D eigenvalue weighted by Crippen LogP contribution is -2.33. The average molecular weight is 144 g/mol. The zero-order valence-electron chi connectivity index (χ0n) is 6.80. The van der Waals surface area contributed by atoms with Crippen molar-refractivity contribution in [2.24, 2.45) is 0 Å². The Bertz CT molecular complexity index is 85.3. The molecule has 0 spiro atoms. The first-order valence-electron chi connectivity index (χ1n) is 4.13. The summed E-state index contributed by atoms with van der Waals surface area (Å²) in [5, 5.41) is 0. The third kappa shape index (κ3) is 1.96. The Kier molecular flexibility index (Phi) is 3.16. The Balaban J connectivity index is 2.08. The van der Waals surface area contributed by atoms with Crippen LogP contribution in [-0.2, 0) is 9.47 Å². The highest BCUT2D eigenvalue weighted by molar-refractivity contribution is 4.59. The van der Waals surface area contributed by atoms with Crippen LogP contribution in [0.25, 0.3) is 0 Å². The summed E-state index contributed by atoms with van der Waals surface area (Å²) in [6.45, 7) is 5.17. The molecule has 10 heavy (non-hydrogen) atoms. The van der Waals surface area contributed by atoms with E-state index < -0.39 is 0 Å². The number of hydrogen-bond donors (Lipinski definition) is 0. The van der Waals surface area contributed by atoms with E-state index >= 15 is 0 Å². The number of hydrogen-bond acceptors (Lipinski definition) is 2. The fourth-order valence-electron chi connectivity index (χ4n) is 1.02. The van der Waals surface area contributed by atoms with Crippen molar-refractivity contribution in [3.05, 3.63) is 0 Å². The summed E-state index contributed by atoms with van der Waals surface area (Å²) in [4.78, 5) is 0. The van der Waals surface area contributed by atoms with Gasteiger partial charge in [0.05, 0.1) is 12.7 Å². The SMILES string of the molecule is CCC(CC)OC1CCO1. The van der Waals surface area contributed by atoms with Crippen molar-refractivity contribution in [3.63, 3.8) is 0 Å². The maximum Gasteiger partial charge on any atom is 0.160 e. The second-order valence-electron chi connectivity index (χ2n) is 2.66. The summed E-state index contributed by atoms with van der Waals surface area (Å²) >= 11 is 0. The second-order valence-corrected chi connectivity index (χ2v) is 2.66. The van der Waals surface area contributed by atoms with Gasteiger partial charge in [-0.2, -0.15) is 0 Å². The van der Waals surface area contributed by atoms with Crippen LogP contribution in [0.1, 0.15) is 33.1 Å². The molecule has 0 amide bonds. The lowest BCUT2D eigenvalue weighted by Gasteiger charge is -2.29. The molecule has 2 nitrogen and oxygen atoms in total. The molecule has 1 atom stereocenters. The predicted molar refractivity (Wildman–Crippen MR) is 39.8 cm³/mol.